The molecule has 1 N–H and O–H groups in total. The second-order valence-corrected chi connectivity index (χ2v) is 4.90. The Morgan fingerprint density at radius 2 is 2.19 bits per heavy atom. The van der Waals surface area contributed by atoms with Crippen molar-refractivity contribution in [1.29, 1.82) is 0 Å². The fourth-order valence-corrected chi connectivity index (χ4v) is 2.19. The van der Waals surface area contributed by atoms with Crippen molar-refractivity contribution < 1.29 is 4.74 Å². The van der Waals surface area contributed by atoms with Crippen molar-refractivity contribution in [3.63, 3.8) is 0 Å². The second-order valence-electron chi connectivity index (χ2n) is 4.90. The summed E-state index contributed by atoms with van der Waals surface area (Å²) in [5.41, 5.74) is 8.95. The van der Waals surface area contributed by atoms with E-state index in [-0.39, 0.29) is 0 Å². The SMILES string of the molecule is C=C=CCN(C)CC(=C=C)c1cc2cc(OC)ccc2[nH]1. The highest BCUT2D eigenvalue weighted by atomic mass is 16.5. The van der Waals surface area contributed by atoms with Gasteiger partial charge in [0.2, 0.25) is 0 Å². The molecule has 1 aromatic carbocycles. The maximum absolute atomic E-state index is 5.25. The Labute approximate surface area is 125 Å². The molecule has 2 aromatic rings. The number of fused-ring (bicyclic) bond motifs is 1. The topological polar surface area (TPSA) is 28.3 Å². The molecule has 1 aromatic heterocycles. The number of benzene rings is 1. The first-order valence-corrected chi connectivity index (χ1v) is 6.77. The van der Waals surface area contributed by atoms with Crippen LogP contribution in [0.3, 0.4) is 0 Å². The number of rotatable bonds is 6. The summed E-state index contributed by atoms with van der Waals surface area (Å²) >= 11 is 0. The van der Waals surface area contributed by atoms with Crippen molar-refractivity contribution in [3.8, 4) is 5.75 Å². The number of methoxy groups -OCH3 is 1. The number of aromatic amines is 1. The molecule has 3 heteroatoms. The number of H-pyrrole nitrogens is 1. The summed E-state index contributed by atoms with van der Waals surface area (Å²) in [6, 6.07) is 8.08. The summed E-state index contributed by atoms with van der Waals surface area (Å²) in [7, 11) is 3.71. The molecular weight excluding hydrogens is 260 g/mol. The number of nitrogens with zero attached hydrogens (tertiary/aromatic N) is 1. The predicted octanol–water partition coefficient (Wildman–Crippen LogP) is 3.62. The Hall–Kier alpha value is -2.44. The molecule has 0 amide bonds. The van der Waals surface area contributed by atoms with Gasteiger partial charge in [-0.1, -0.05) is 13.2 Å². The Kier molecular flexibility index (Phi) is 4.86. The molecule has 0 unspecified atom stereocenters. The average Bonchev–Trinajstić information content (AvgIpc) is 2.93. The van der Waals surface area contributed by atoms with Crippen LogP contribution in [0.2, 0.25) is 0 Å². The molecule has 0 saturated heterocycles. The zero-order valence-electron chi connectivity index (χ0n) is 12.6. The van der Waals surface area contributed by atoms with Crippen LogP contribution in [0.25, 0.3) is 16.5 Å². The molecule has 0 saturated carbocycles. The summed E-state index contributed by atoms with van der Waals surface area (Å²) in [4.78, 5) is 5.55. The number of ether oxygens (including phenoxy) is 1. The quantitative estimate of drug-likeness (QED) is 0.819. The molecular formula is C18H20N2O. The van der Waals surface area contributed by atoms with Crippen molar-refractivity contribution in [2.24, 2.45) is 0 Å². The van der Waals surface area contributed by atoms with E-state index < -0.39 is 0 Å². The van der Waals surface area contributed by atoms with Gasteiger partial charge in [-0.2, -0.15) is 0 Å². The normalized spacial score (nSPS) is 10.2. The molecule has 0 aliphatic rings. The van der Waals surface area contributed by atoms with E-state index in [4.69, 9.17) is 4.74 Å². The average molecular weight is 280 g/mol. The highest BCUT2D eigenvalue weighted by Gasteiger charge is 2.08. The van der Waals surface area contributed by atoms with Crippen molar-refractivity contribution in [2.45, 2.75) is 0 Å². The maximum atomic E-state index is 5.25. The van der Waals surface area contributed by atoms with Gasteiger partial charge < -0.3 is 9.72 Å². The van der Waals surface area contributed by atoms with Gasteiger partial charge >= 0.3 is 0 Å². The minimum atomic E-state index is 0.756. The predicted molar refractivity (Wildman–Crippen MR) is 88.6 cm³/mol. The summed E-state index contributed by atoms with van der Waals surface area (Å²) in [5.74, 6) is 0.852. The van der Waals surface area contributed by atoms with Crippen LogP contribution in [-0.2, 0) is 0 Å². The summed E-state index contributed by atoms with van der Waals surface area (Å²) in [6.07, 6.45) is 1.90. The Morgan fingerprint density at radius 3 is 2.86 bits per heavy atom. The minimum absolute atomic E-state index is 0.756. The van der Waals surface area contributed by atoms with Gasteiger partial charge in [0.25, 0.3) is 0 Å². The fourth-order valence-electron chi connectivity index (χ4n) is 2.19. The van der Waals surface area contributed by atoms with Crippen molar-refractivity contribution >= 4 is 16.5 Å². The van der Waals surface area contributed by atoms with E-state index >= 15 is 0 Å². The fraction of sp³-hybridized carbons (Fsp3) is 0.222. The molecule has 0 fully saturated rings. The molecule has 2 rings (SSSR count). The lowest BCUT2D eigenvalue weighted by Gasteiger charge is -2.14. The third kappa shape index (κ3) is 3.56. The number of hydrogen-bond acceptors (Lipinski definition) is 2. The first-order valence-electron chi connectivity index (χ1n) is 6.77. The molecule has 108 valence electrons. The minimum Gasteiger partial charge on any atom is -0.497 e. The first-order chi connectivity index (χ1) is 10.2. The number of hydrogen-bond donors (Lipinski definition) is 1. The smallest absolute Gasteiger partial charge is 0.119 e. The van der Waals surface area contributed by atoms with E-state index in [9.17, 15) is 0 Å². The van der Waals surface area contributed by atoms with Crippen LogP contribution in [0.4, 0.5) is 0 Å². The standard InChI is InChI=1S/C18H20N2O/c1-5-7-10-20(3)13-14(6-2)18-12-15-11-16(21-4)8-9-17(15)19-18/h7-9,11-12,19H,1-2,10,13H2,3-4H3. The molecule has 0 spiro atoms. The second kappa shape index (κ2) is 6.83. The van der Waals surface area contributed by atoms with Crippen molar-refractivity contribution in [2.75, 3.05) is 27.2 Å². The summed E-state index contributed by atoms with van der Waals surface area (Å²) in [6.45, 7) is 8.93. The monoisotopic (exact) mass is 280 g/mol. The number of likely N-dealkylation sites (N-methyl/N-ethyl adjacent to an activating group) is 1. The van der Waals surface area contributed by atoms with Gasteiger partial charge in [0.1, 0.15) is 5.75 Å². The van der Waals surface area contributed by atoms with Crippen molar-refractivity contribution in [3.05, 3.63) is 60.7 Å². The van der Waals surface area contributed by atoms with E-state index in [0.717, 1.165) is 41.0 Å². The zero-order chi connectivity index (χ0) is 15.2. The lowest BCUT2D eigenvalue weighted by atomic mass is 10.1. The van der Waals surface area contributed by atoms with Gasteiger partial charge in [-0.15, -0.1) is 11.5 Å². The van der Waals surface area contributed by atoms with Crippen LogP contribution in [0, 0.1) is 0 Å². The summed E-state index contributed by atoms with van der Waals surface area (Å²) < 4.78 is 5.25. The molecule has 0 aliphatic heterocycles. The van der Waals surface area contributed by atoms with Crippen LogP contribution in [0.15, 0.2) is 55.0 Å². The maximum Gasteiger partial charge on any atom is 0.119 e. The third-order valence-corrected chi connectivity index (χ3v) is 3.34. The van der Waals surface area contributed by atoms with Gasteiger partial charge in [0.15, 0.2) is 0 Å². The number of aromatic nitrogens is 1. The van der Waals surface area contributed by atoms with E-state index in [1.165, 1.54) is 0 Å². The Bertz CT molecular complexity index is 729. The van der Waals surface area contributed by atoms with Crippen LogP contribution < -0.4 is 4.74 Å². The van der Waals surface area contributed by atoms with Gasteiger partial charge in [0.05, 0.1) is 12.8 Å². The Morgan fingerprint density at radius 1 is 1.38 bits per heavy atom. The summed E-state index contributed by atoms with van der Waals surface area (Å²) in [5, 5.41) is 1.12. The molecule has 1 heterocycles. The number of nitrogens with one attached hydrogen (secondary N) is 1. The van der Waals surface area contributed by atoms with Crippen molar-refractivity contribution in [1.82, 2.24) is 9.88 Å². The molecule has 3 nitrogen and oxygen atoms in total. The lowest BCUT2D eigenvalue weighted by Crippen LogP contribution is -2.20. The van der Waals surface area contributed by atoms with Crippen LogP contribution in [0.5, 0.6) is 5.75 Å². The lowest BCUT2D eigenvalue weighted by molar-refractivity contribution is 0.415. The van der Waals surface area contributed by atoms with E-state index in [0.29, 0.717) is 0 Å². The highest BCUT2D eigenvalue weighted by Crippen LogP contribution is 2.24. The van der Waals surface area contributed by atoms with Gasteiger partial charge in [-0.3, -0.25) is 4.90 Å². The molecule has 0 aliphatic carbocycles. The molecule has 0 radical (unpaired) electrons. The van der Waals surface area contributed by atoms with E-state index in [2.05, 4.69) is 40.6 Å². The first kappa shape index (κ1) is 15.0. The Balaban J connectivity index is 2.26. The van der Waals surface area contributed by atoms with Gasteiger partial charge in [-0.05, 0) is 37.4 Å². The zero-order valence-corrected chi connectivity index (χ0v) is 12.6. The van der Waals surface area contributed by atoms with Gasteiger partial charge in [0, 0.05) is 29.6 Å². The molecule has 0 bridgehead atoms. The molecule has 0 atom stereocenters. The van der Waals surface area contributed by atoms with Crippen LogP contribution >= 0.6 is 0 Å². The van der Waals surface area contributed by atoms with Crippen LogP contribution in [-0.4, -0.2) is 37.1 Å². The molecule has 21 heavy (non-hydrogen) atoms. The third-order valence-electron chi connectivity index (χ3n) is 3.34. The van der Waals surface area contributed by atoms with E-state index in [1.54, 1.807) is 7.11 Å². The van der Waals surface area contributed by atoms with Crippen LogP contribution in [0.1, 0.15) is 5.69 Å². The highest BCUT2D eigenvalue weighted by molar-refractivity contribution is 5.86. The van der Waals surface area contributed by atoms with E-state index in [1.807, 2.05) is 31.3 Å². The largest absolute Gasteiger partial charge is 0.497 e. The van der Waals surface area contributed by atoms with Gasteiger partial charge in [-0.25, -0.2) is 0 Å².